The average Bonchev–Trinajstić information content (AvgIpc) is 2.59. The summed E-state index contributed by atoms with van der Waals surface area (Å²) in [5, 5.41) is 9.63. The zero-order valence-electron chi connectivity index (χ0n) is 12.5. The molecule has 23 heavy (non-hydrogen) atoms. The molecule has 2 aromatic rings. The topological polar surface area (TPSA) is 44.1 Å². The molecule has 5 heteroatoms. The van der Waals surface area contributed by atoms with Crippen LogP contribution in [0.5, 0.6) is 0 Å². The van der Waals surface area contributed by atoms with Gasteiger partial charge in [-0.2, -0.15) is 5.26 Å². The van der Waals surface area contributed by atoms with E-state index >= 15 is 0 Å². The highest BCUT2D eigenvalue weighted by atomic mass is 79.9. The summed E-state index contributed by atoms with van der Waals surface area (Å²) in [6.45, 7) is 0.427. The standard InChI is InChI=1S/C18H16BrClN2O/c19-16-10-5-4-9-15(16)18(23)22(12-6-11-20)17(13-21)14-7-2-1-3-8-14/h1-5,7-10,17H,6,11-12H2/t17-/m1/s1. The Labute approximate surface area is 149 Å². The van der Waals surface area contributed by atoms with E-state index in [0.717, 1.165) is 5.56 Å². The molecule has 0 saturated carbocycles. The number of hydrogen-bond acceptors (Lipinski definition) is 2. The molecule has 0 aliphatic carbocycles. The third-order valence-corrected chi connectivity index (χ3v) is 4.41. The summed E-state index contributed by atoms with van der Waals surface area (Å²) in [5.74, 6) is 0.255. The number of carbonyl (C=O) groups is 1. The quantitative estimate of drug-likeness (QED) is 0.665. The molecule has 0 radical (unpaired) electrons. The van der Waals surface area contributed by atoms with Gasteiger partial charge in [-0.3, -0.25) is 4.79 Å². The molecule has 1 amide bonds. The second-order valence-electron chi connectivity index (χ2n) is 4.96. The van der Waals surface area contributed by atoms with Gasteiger partial charge in [0.2, 0.25) is 0 Å². The van der Waals surface area contributed by atoms with Gasteiger partial charge in [0.25, 0.3) is 5.91 Å². The predicted octanol–water partition coefficient (Wildman–Crippen LogP) is 4.79. The van der Waals surface area contributed by atoms with Crippen LogP contribution >= 0.6 is 27.5 Å². The van der Waals surface area contributed by atoms with Gasteiger partial charge >= 0.3 is 0 Å². The van der Waals surface area contributed by atoms with Crippen LogP contribution in [0, 0.1) is 11.3 Å². The normalized spacial score (nSPS) is 11.5. The Hall–Kier alpha value is -1.83. The first-order valence-corrected chi connectivity index (χ1v) is 8.57. The lowest BCUT2D eigenvalue weighted by Gasteiger charge is -2.28. The number of alkyl halides is 1. The summed E-state index contributed by atoms with van der Waals surface area (Å²) in [4.78, 5) is 14.5. The SMILES string of the molecule is N#C[C@H](c1ccccc1)N(CCCCl)C(=O)c1ccccc1Br. The molecule has 3 nitrogen and oxygen atoms in total. The Kier molecular flexibility index (Phi) is 6.64. The highest BCUT2D eigenvalue weighted by Crippen LogP contribution is 2.25. The maximum absolute atomic E-state index is 12.9. The lowest BCUT2D eigenvalue weighted by molar-refractivity contribution is 0.0716. The third kappa shape index (κ3) is 4.34. The van der Waals surface area contributed by atoms with Crippen molar-refractivity contribution in [3.8, 4) is 6.07 Å². The summed E-state index contributed by atoms with van der Waals surface area (Å²) in [7, 11) is 0. The van der Waals surface area contributed by atoms with Gasteiger partial charge < -0.3 is 4.90 Å². The van der Waals surface area contributed by atoms with E-state index in [0.29, 0.717) is 28.9 Å². The second-order valence-corrected chi connectivity index (χ2v) is 6.20. The number of rotatable bonds is 6. The van der Waals surface area contributed by atoms with Crippen LogP contribution in [0.4, 0.5) is 0 Å². The van der Waals surface area contributed by atoms with Crippen LogP contribution in [-0.2, 0) is 0 Å². The number of amides is 1. The molecule has 0 heterocycles. The molecule has 0 aromatic heterocycles. The fraction of sp³-hybridized carbons (Fsp3) is 0.222. The molecule has 0 N–H and O–H groups in total. The number of halogens is 2. The number of carbonyl (C=O) groups excluding carboxylic acids is 1. The Morgan fingerprint density at radius 3 is 2.43 bits per heavy atom. The largest absolute Gasteiger partial charge is 0.318 e. The van der Waals surface area contributed by atoms with Crippen molar-refractivity contribution in [2.45, 2.75) is 12.5 Å². The Morgan fingerprint density at radius 2 is 1.83 bits per heavy atom. The van der Waals surface area contributed by atoms with Gasteiger partial charge in [-0.05, 0) is 40.0 Å². The number of nitrogens with zero attached hydrogens (tertiary/aromatic N) is 2. The van der Waals surface area contributed by atoms with Crippen molar-refractivity contribution in [2.75, 3.05) is 12.4 Å². The predicted molar refractivity (Wildman–Crippen MR) is 95.3 cm³/mol. The molecule has 0 aliphatic heterocycles. The van der Waals surface area contributed by atoms with E-state index in [9.17, 15) is 10.1 Å². The molecule has 0 unspecified atom stereocenters. The van der Waals surface area contributed by atoms with Gasteiger partial charge in [-0.25, -0.2) is 0 Å². The molecule has 0 fully saturated rings. The maximum atomic E-state index is 12.9. The molecule has 0 bridgehead atoms. The molecular formula is C18H16BrClN2O. The van der Waals surface area contributed by atoms with Gasteiger partial charge in [0.1, 0.15) is 6.04 Å². The number of benzene rings is 2. The highest BCUT2D eigenvalue weighted by molar-refractivity contribution is 9.10. The number of hydrogen-bond donors (Lipinski definition) is 0. The van der Waals surface area contributed by atoms with Crippen LogP contribution < -0.4 is 0 Å². The maximum Gasteiger partial charge on any atom is 0.256 e. The summed E-state index contributed by atoms with van der Waals surface area (Å²) >= 11 is 9.20. The van der Waals surface area contributed by atoms with E-state index in [1.54, 1.807) is 11.0 Å². The molecule has 0 saturated heterocycles. The van der Waals surface area contributed by atoms with Crippen molar-refractivity contribution in [3.63, 3.8) is 0 Å². The van der Waals surface area contributed by atoms with E-state index in [2.05, 4.69) is 22.0 Å². The summed E-state index contributed by atoms with van der Waals surface area (Å²) < 4.78 is 0.714. The Balaban J connectivity index is 2.38. The molecule has 1 atom stereocenters. The Morgan fingerprint density at radius 1 is 1.17 bits per heavy atom. The molecule has 118 valence electrons. The fourth-order valence-electron chi connectivity index (χ4n) is 2.33. The monoisotopic (exact) mass is 390 g/mol. The zero-order valence-corrected chi connectivity index (χ0v) is 14.8. The lowest BCUT2D eigenvalue weighted by Crippen LogP contribution is -2.35. The van der Waals surface area contributed by atoms with E-state index < -0.39 is 6.04 Å². The van der Waals surface area contributed by atoms with Crippen molar-refractivity contribution in [2.24, 2.45) is 0 Å². The molecule has 2 rings (SSSR count). The van der Waals surface area contributed by atoms with E-state index in [4.69, 9.17) is 11.6 Å². The van der Waals surface area contributed by atoms with Crippen LogP contribution in [-0.4, -0.2) is 23.2 Å². The van der Waals surface area contributed by atoms with Gasteiger partial charge in [-0.15, -0.1) is 11.6 Å². The smallest absolute Gasteiger partial charge is 0.256 e. The first-order valence-electron chi connectivity index (χ1n) is 7.25. The zero-order chi connectivity index (χ0) is 16.7. The molecule has 2 aromatic carbocycles. The van der Waals surface area contributed by atoms with Crippen LogP contribution in [0.2, 0.25) is 0 Å². The van der Waals surface area contributed by atoms with Crippen molar-refractivity contribution >= 4 is 33.4 Å². The minimum Gasteiger partial charge on any atom is -0.318 e. The minimum absolute atomic E-state index is 0.182. The van der Waals surface area contributed by atoms with Gasteiger partial charge in [0.15, 0.2) is 0 Å². The minimum atomic E-state index is -0.640. The van der Waals surface area contributed by atoms with Crippen molar-refractivity contribution in [1.82, 2.24) is 4.90 Å². The second kappa shape index (κ2) is 8.71. The fourth-order valence-corrected chi connectivity index (χ4v) is 2.90. The van der Waals surface area contributed by atoms with E-state index in [1.807, 2.05) is 48.5 Å². The lowest BCUT2D eigenvalue weighted by atomic mass is 10.0. The Bertz CT molecular complexity index is 700. The highest BCUT2D eigenvalue weighted by Gasteiger charge is 2.26. The molecular weight excluding hydrogens is 376 g/mol. The van der Waals surface area contributed by atoms with Gasteiger partial charge in [-0.1, -0.05) is 42.5 Å². The first kappa shape index (κ1) is 17.5. The van der Waals surface area contributed by atoms with Gasteiger partial charge in [0, 0.05) is 16.9 Å². The van der Waals surface area contributed by atoms with Crippen molar-refractivity contribution in [3.05, 3.63) is 70.2 Å². The summed E-state index contributed by atoms with van der Waals surface area (Å²) in [6.07, 6.45) is 0.628. The third-order valence-electron chi connectivity index (χ3n) is 3.45. The average molecular weight is 392 g/mol. The first-order chi connectivity index (χ1) is 11.2. The summed E-state index contributed by atoms with van der Waals surface area (Å²) in [5.41, 5.74) is 1.34. The van der Waals surface area contributed by atoms with E-state index in [-0.39, 0.29) is 5.91 Å². The number of nitriles is 1. The van der Waals surface area contributed by atoms with Crippen molar-refractivity contribution < 1.29 is 4.79 Å². The molecule has 0 spiro atoms. The van der Waals surface area contributed by atoms with Gasteiger partial charge in [0.05, 0.1) is 11.6 Å². The van der Waals surface area contributed by atoms with Crippen LogP contribution in [0.1, 0.15) is 28.4 Å². The van der Waals surface area contributed by atoms with Crippen LogP contribution in [0.25, 0.3) is 0 Å². The van der Waals surface area contributed by atoms with Crippen LogP contribution in [0.3, 0.4) is 0 Å². The van der Waals surface area contributed by atoms with Crippen LogP contribution in [0.15, 0.2) is 59.1 Å². The van der Waals surface area contributed by atoms with E-state index in [1.165, 1.54) is 0 Å². The van der Waals surface area contributed by atoms with Crippen molar-refractivity contribution in [1.29, 1.82) is 5.26 Å². The summed E-state index contributed by atoms with van der Waals surface area (Å²) in [6, 6.07) is 18.2. The molecule has 0 aliphatic rings.